The molecule has 3 fully saturated rings. The van der Waals surface area contributed by atoms with E-state index in [1.807, 2.05) is 72.2 Å². The molecule has 3 saturated heterocycles. The molecule has 3 aliphatic heterocycles. The number of hydrogen-bond donors (Lipinski definition) is 4. The number of amides is 4. The molecule has 2 aromatic carbocycles. The minimum absolute atomic E-state index is 0.0381. The van der Waals surface area contributed by atoms with E-state index in [0.717, 1.165) is 41.4 Å². The van der Waals surface area contributed by atoms with E-state index in [0.29, 0.717) is 61.9 Å². The van der Waals surface area contributed by atoms with Gasteiger partial charge >= 0.3 is 12.2 Å². The number of carbonyl (C=O) groups excluding carboxylic acids is 4. The maximum absolute atomic E-state index is 14.0. The number of methoxy groups -OCH3 is 2. The summed E-state index contributed by atoms with van der Waals surface area (Å²) in [6.07, 6.45) is 5.94. The highest BCUT2D eigenvalue weighted by Gasteiger charge is 2.46. The lowest BCUT2D eigenvalue weighted by Gasteiger charge is -2.34. The molecule has 320 valence electrons. The molecule has 4 N–H and O–H groups in total. The van der Waals surface area contributed by atoms with E-state index < -0.39 is 32.3 Å². The lowest BCUT2D eigenvalue weighted by molar-refractivity contribution is -0.137. The van der Waals surface area contributed by atoms with Gasteiger partial charge in [0, 0.05) is 31.5 Å². The van der Waals surface area contributed by atoms with Crippen LogP contribution >= 0.6 is 0 Å². The van der Waals surface area contributed by atoms with Crippen molar-refractivity contribution in [2.45, 2.75) is 82.8 Å². The van der Waals surface area contributed by atoms with E-state index in [1.165, 1.54) is 14.2 Å². The average molecular weight is 841 g/mol. The van der Waals surface area contributed by atoms with E-state index in [9.17, 15) is 19.2 Å². The van der Waals surface area contributed by atoms with Gasteiger partial charge in [0.2, 0.25) is 11.8 Å². The van der Waals surface area contributed by atoms with Crippen molar-refractivity contribution in [2.24, 2.45) is 11.8 Å². The fourth-order valence-electron chi connectivity index (χ4n) is 8.60. The van der Waals surface area contributed by atoms with Gasteiger partial charge in [0.05, 0.1) is 58.2 Å². The Morgan fingerprint density at radius 3 is 2.12 bits per heavy atom. The number of H-pyrrole nitrogens is 2. The standard InChI is InChI=1S/C43H56N8O8Si/c1-26(2)36(48-42(54)56-3)40(52)51-25-60(5,6)24-35(51)39-45-23-33(47-39)29-9-7-10-31(21-29)59-30-14-12-27(13-15-30)32-22-44-38(46-32)34-11-8-18-50(34)41(53)37(49-43(55)57-4)28-16-19-58-20-17-28/h7,9-10,12-15,21-23,26,28,34-37H,8,11,16-20,24-25H2,1-6H3,(H,44,46)(H,45,47)(H,48,54)(H,49,55)/t34-,35-,36-,37-/m0/s1. The molecule has 2 aromatic heterocycles. The topological polar surface area (TPSA) is 193 Å². The minimum atomic E-state index is -1.77. The van der Waals surface area contributed by atoms with Crippen LogP contribution in [0, 0.1) is 11.8 Å². The van der Waals surface area contributed by atoms with E-state index >= 15 is 0 Å². The Kier molecular flexibility index (Phi) is 12.9. The van der Waals surface area contributed by atoms with Gasteiger partial charge in [-0.3, -0.25) is 9.59 Å². The summed E-state index contributed by atoms with van der Waals surface area (Å²) in [5.74, 6) is 2.28. The Morgan fingerprint density at radius 1 is 0.800 bits per heavy atom. The van der Waals surface area contributed by atoms with Gasteiger partial charge in [-0.05, 0) is 85.5 Å². The lowest BCUT2D eigenvalue weighted by Crippen LogP contribution is -2.53. The summed E-state index contributed by atoms with van der Waals surface area (Å²) in [6.45, 7) is 10.0. The van der Waals surface area contributed by atoms with Gasteiger partial charge in [-0.15, -0.1) is 0 Å². The molecule has 16 nitrogen and oxygen atoms in total. The Bertz CT molecular complexity index is 2150. The number of aromatic amines is 2. The number of likely N-dealkylation sites (tertiary alicyclic amines) is 1. The summed E-state index contributed by atoms with van der Waals surface area (Å²) in [7, 11) is 0.820. The van der Waals surface area contributed by atoms with Crippen LogP contribution in [0.15, 0.2) is 60.9 Å². The molecule has 0 saturated carbocycles. The van der Waals surface area contributed by atoms with Crippen LogP contribution in [0.3, 0.4) is 0 Å². The van der Waals surface area contributed by atoms with E-state index in [-0.39, 0.29) is 35.7 Å². The minimum Gasteiger partial charge on any atom is -0.457 e. The van der Waals surface area contributed by atoms with Crippen LogP contribution < -0.4 is 15.4 Å². The number of aromatic nitrogens is 4. The zero-order chi connectivity index (χ0) is 42.6. The van der Waals surface area contributed by atoms with Gasteiger partial charge in [0.25, 0.3) is 0 Å². The van der Waals surface area contributed by atoms with Crippen molar-refractivity contribution < 1.29 is 38.1 Å². The van der Waals surface area contributed by atoms with Crippen LogP contribution in [0.1, 0.15) is 63.3 Å². The number of carbonyl (C=O) groups is 4. The molecule has 5 heterocycles. The zero-order valence-corrected chi connectivity index (χ0v) is 36.2. The van der Waals surface area contributed by atoms with Crippen LogP contribution in [-0.4, -0.2) is 114 Å². The molecular formula is C43H56N8O8Si. The van der Waals surface area contributed by atoms with Crippen LogP contribution in [0.5, 0.6) is 11.5 Å². The fourth-order valence-corrected chi connectivity index (χ4v) is 11.5. The normalized spacial score (nSPS) is 20.1. The van der Waals surface area contributed by atoms with Crippen molar-refractivity contribution in [1.82, 2.24) is 40.4 Å². The maximum atomic E-state index is 14.0. The van der Waals surface area contributed by atoms with Crippen molar-refractivity contribution in [3.05, 3.63) is 72.6 Å². The Labute approximate surface area is 351 Å². The lowest BCUT2D eigenvalue weighted by atomic mass is 9.90. The van der Waals surface area contributed by atoms with Crippen molar-refractivity contribution in [2.75, 3.05) is 40.1 Å². The number of benzene rings is 2. The molecule has 7 rings (SSSR count). The molecule has 0 bridgehead atoms. The molecule has 4 aromatic rings. The largest absolute Gasteiger partial charge is 0.457 e. The summed E-state index contributed by atoms with van der Waals surface area (Å²) in [4.78, 5) is 72.3. The highest BCUT2D eigenvalue weighted by atomic mass is 28.3. The molecule has 0 spiro atoms. The molecule has 0 aliphatic carbocycles. The van der Waals surface area contributed by atoms with Crippen molar-refractivity contribution in [1.29, 1.82) is 0 Å². The van der Waals surface area contributed by atoms with Crippen molar-refractivity contribution in [3.8, 4) is 34.0 Å². The van der Waals surface area contributed by atoms with Crippen molar-refractivity contribution >= 4 is 32.1 Å². The predicted molar refractivity (Wildman–Crippen MR) is 226 cm³/mol. The summed E-state index contributed by atoms with van der Waals surface area (Å²) in [5, 5.41) is 5.53. The third-order valence-corrected chi connectivity index (χ3v) is 14.5. The number of alkyl carbamates (subject to hydrolysis) is 2. The SMILES string of the molecule is COC(=O)N[C@H](C(=O)N1C[Si](C)(C)C[C@H]1c1ncc(-c2cccc(Oc3ccc(-c4cnc([C@@H]5CCCN5C(=O)[C@@H](NC(=O)OC)C5CCOCC5)[nH]4)cc3)c2)[nH]1)C(C)C. The van der Waals surface area contributed by atoms with E-state index in [1.54, 1.807) is 12.4 Å². The maximum Gasteiger partial charge on any atom is 0.407 e. The molecule has 4 atom stereocenters. The number of ether oxygens (including phenoxy) is 4. The number of nitrogens with one attached hydrogen (secondary N) is 4. The van der Waals surface area contributed by atoms with Crippen LogP contribution in [-0.2, 0) is 23.8 Å². The Morgan fingerprint density at radius 2 is 1.45 bits per heavy atom. The summed E-state index contributed by atoms with van der Waals surface area (Å²) >= 11 is 0. The van der Waals surface area contributed by atoms with Crippen LogP contribution in [0.4, 0.5) is 9.59 Å². The molecule has 0 radical (unpaired) electrons. The van der Waals surface area contributed by atoms with Gasteiger partial charge in [0.1, 0.15) is 35.2 Å². The number of rotatable bonds is 12. The fraction of sp³-hybridized carbons (Fsp3) is 0.488. The second kappa shape index (κ2) is 18.3. The van der Waals surface area contributed by atoms with Crippen LogP contribution in [0.2, 0.25) is 19.1 Å². The first-order valence-electron chi connectivity index (χ1n) is 20.7. The van der Waals surface area contributed by atoms with Gasteiger partial charge in [0.15, 0.2) is 0 Å². The number of imidazole rings is 2. The smallest absolute Gasteiger partial charge is 0.407 e. The van der Waals surface area contributed by atoms with Gasteiger partial charge in [-0.2, -0.15) is 0 Å². The number of hydrogen-bond acceptors (Lipinski definition) is 10. The van der Waals surface area contributed by atoms with Gasteiger partial charge in [-0.25, -0.2) is 19.6 Å². The molecule has 17 heteroatoms. The van der Waals surface area contributed by atoms with Gasteiger partial charge in [-0.1, -0.05) is 39.1 Å². The molecule has 4 amide bonds. The first-order valence-corrected chi connectivity index (χ1v) is 24.1. The highest BCUT2D eigenvalue weighted by molar-refractivity contribution is 6.78. The molecule has 0 unspecified atom stereocenters. The van der Waals surface area contributed by atoms with Gasteiger partial charge < -0.3 is 49.3 Å². The third-order valence-electron chi connectivity index (χ3n) is 11.8. The first-order chi connectivity index (χ1) is 28.8. The summed E-state index contributed by atoms with van der Waals surface area (Å²) < 4.78 is 21.5. The monoisotopic (exact) mass is 840 g/mol. The molecule has 60 heavy (non-hydrogen) atoms. The summed E-state index contributed by atoms with van der Waals surface area (Å²) in [6, 6.07) is 14.4. The average Bonchev–Trinajstić information content (AvgIpc) is 4.08. The third kappa shape index (κ3) is 9.52. The predicted octanol–water partition coefficient (Wildman–Crippen LogP) is 6.59. The van der Waals surface area contributed by atoms with E-state index in [2.05, 4.69) is 33.7 Å². The second-order valence-electron chi connectivity index (χ2n) is 17.0. The Hall–Kier alpha value is -5.68. The first kappa shape index (κ1) is 42.4. The second-order valence-corrected chi connectivity index (χ2v) is 22.0. The van der Waals surface area contributed by atoms with E-state index in [4.69, 9.17) is 28.9 Å². The quantitative estimate of drug-likeness (QED) is 0.113. The summed E-state index contributed by atoms with van der Waals surface area (Å²) in [5.41, 5.74) is 3.41. The zero-order valence-electron chi connectivity index (χ0n) is 35.2. The molecular weight excluding hydrogens is 785 g/mol. The Balaban J connectivity index is 1.01. The van der Waals surface area contributed by atoms with Crippen molar-refractivity contribution in [3.63, 3.8) is 0 Å². The van der Waals surface area contributed by atoms with Crippen LogP contribution in [0.25, 0.3) is 22.5 Å². The molecule has 3 aliphatic rings. The highest BCUT2D eigenvalue weighted by Crippen LogP contribution is 2.39. The number of nitrogens with zero attached hydrogens (tertiary/aromatic N) is 4.